The van der Waals surface area contributed by atoms with Crippen LogP contribution in [0.15, 0.2) is 18.2 Å². The number of carbonyl (C=O) groups excluding carboxylic acids is 1. The molecule has 1 amide bonds. The van der Waals surface area contributed by atoms with E-state index in [1.54, 1.807) is 4.90 Å². The Bertz CT molecular complexity index is 464. The number of nitrogens with zero attached hydrogens (tertiary/aromatic N) is 1. The fraction of sp³-hybridized carbons (Fsp3) is 0.462. The Balaban J connectivity index is 2.26. The molecule has 1 aliphatic heterocycles. The van der Waals surface area contributed by atoms with Crippen LogP contribution in [0.3, 0.4) is 0 Å². The van der Waals surface area contributed by atoms with Crippen LogP contribution in [0.2, 0.25) is 0 Å². The topological polar surface area (TPSA) is 60.8 Å². The molecule has 1 heterocycles. The van der Waals surface area contributed by atoms with Gasteiger partial charge in [0.05, 0.1) is 5.56 Å². The number of amides is 1. The zero-order valence-corrected chi connectivity index (χ0v) is 11.7. The molecule has 0 aliphatic carbocycles. The van der Waals surface area contributed by atoms with Crippen molar-refractivity contribution in [1.82, 2.24) is 4.90 Å². The lowest BCUT2D eigenvalue weighted by molar-refractivity contribution is 0.0735. The van der Waals surface area contributed by atoms with Crippen molar-refractivity contribution in [1.29, 1.82) is 0 Å². The van der Waals surface area contributed by atoms with Crippen molar-refractivity contribution in [3.63, 3.8) is 0 Å². The van der Waals surface area contributed by atoms with E-state index in [2.05, 4.69) is 22.9 Å². The number of phenolic OH excluding ortho intramolecular Hbond substituents is 2. The number of aromatic hydroxyl groups is 2. The van der Waals surface area contributed by atoms with Gasteiger partial charge in [0.2, 0.25) is 0 Å². The number of likely N-dealkylation sites (tertiary alicyclic amines) is 1. The average Bonchev–Trinajstić information content (AvgIpc) is 2.69. The molecule has 1 aliphatic rings. The van der Waals surface area contributed by atoms with Gasteiger partial charge in [0.15, 0.2) is 0 Å². The molecule has 2 rings (SSSR count). The molecule has 5 heteroatoms. The summed E-state index contributed by atoms with van der Waals surface area (Å²) in [5.74, 6) is 0.0534. The number of alkyl halides is 1. The van der Waals surface area contributed by atoms with Crippen LogP contribution in [0.4, 0.5) is 0 Å². The largest absolute Gasteiger partial charge is 0.508 e. The van der Waals surface area contributed by atoms with E-state index in [1.165, 1.54) is 18.2 Å². The predicted octanol–water partition coefficient (Wildman–Crippen LogP) is 2.34. The van der Waals surface area contributed by atoms with E-state index in [1.807, 2.05) is 0 Å². The smallest absolute Gasteiger partial charge is 0.257 e. The third-order valence-corrected chi connectivity index (χ3v) is 4.18. The molecule has 1 aromatic carbocycles. The lowest BCUT2D eigenvalue weighted by Gasteiger charge is -2.25. The number of rotatable bonds is 2. The van der Waals surface area contributed by atoms with Crippen LogP contribution in [0, 0.1) is 5.92 Å². The molecule has 2 unspecified atom stereocenters. The van der Waals surface area contributed by atoms with Gasteiger partial charge in [-0.15, -0.1) is 0 Å². The third-order valence-electron chi connectivity index (χ3n) is 3.51. The van der Waals surface area contributed by atoms with Crippen molar-refractivity contribution < 1.29 is 15.0 Å². The summed E-state index contributed by atoms with van der Waals surface area (Å²) in [5, 5.41) is 19.7. The van der Waals surface area contributed by atoms with Gasteiger partial charge < -0.3 is 15.1 Å². The van der Waals surface area contributed by atoms with Gasteiger partial charge >= 0.3 is 0 Å². The second-order valence-electron chi connectivity index (χ2n) is 4.69. The molecule has 1 aromatic rings. The van der Waals surface area contributed by atoms with Gasteiger partial charge in [0.1, 0.15) is 11.5 Å². The molecule has 0 spiro atoms. The molecule has 1 fully saturated rings. The van der Waals surface area contributed by atoms with E-state index in [0.717, 1.165) is 11.8 Å². The lowest BCUT2D eigenvalue weighted by Crippen LogP contribution is -2.38. The summed E-state index contributed by atoms with van der Waals surface area (Å²) in [6.07, 6.45) is 0.973. The monoisotopic (exact) mass is 313 g/mol. The fourth-order valence-electron chi connectivity index (χ4n) is 2.35. The Morgan fingerprint density at radius 2 is 2.22 bits per heavy atom. The highest BCUT2D eigenvalue weighted by atomic mass is 79.9. The number of hydrogen-bond acceptors (Lipinski definition) is 3. The Morgan fingerprint density at radius 3 is 2.83 bits per heavy atom. The van der Waals surface area contributed by atoms with Crippen molar-refractivity contribution in [2.75, 3.05) is 11.9 Å². The number of phenols is 2. The number of halogens is 1. The van der Waals surface area contributed by atoms with Crippen LogP contribution in [0.5, 0.6) is 11.5 Å². The van der Waals surface area contributed by atoms with Crippen LogP contribution in [0.1, 0.15) is 23.7 Å². The van der Waals surface area contributed by atoms with E-state index in [0.29, 0.717) is 12.5 Å². The molecule has 0 saturated carbocycles. The molecule has 4 nitrogen and oxygen atoms in total. The minimum atomic E-state index is -0.179. The minimum Gasteiger partial charge on any atom is -0.508 e. The van der Waals surface area contributed by atoms with Crippen molar-refractivity contribution in [3.8, 4) is 11.5 Å². The molecule has 2 N–H and O–H groups in total. The Hall–Kier alpha value is -1.23. The molecule has 2 atom stereocenters. The van der Waals surface area contributed by atoms with Gasteiger partial charge in [-0.05, 0) is 24.5 Å². The van der Waals surface area contributed by atoms with Gasteiger partial charge in [0.25, 0.3) is 5.91 Å². The quantitative estimate of drug-likeness (QED) is 0.824. The summed E-state index contributed by atoms with van der Waals surface area (Å²) >= 11 is 3.43. The zero-order valence-electron chi connectivity index (χ0n) is 10.1. The van der Waals surface area contributed by atoms with Crippen molar-refractivity contribution in [2.45, 2.75) is 19.4 Å². The minimum absolute atomic E-state index is 0.0455. The Labute approximate surface area is 114 Å². The molecule has 0 bridgehead atoms. The van der Waals surface area contributed by atoms with Crippen LogP contribution in [-0.4, -0.2) is 38.9 Å². The van der Waals surface area contributed by atoms with Crippen LogP contribution < -0.4 is 0 Å². The molecule has 18 heavy (non-hydrogen) atoms. The number of carbonyl (C=O) groups is 1. The normalized spacial score (nSPS) is 23.3. The maximum Gasteiger partial charge on any atom is 0.257 e. The molecular weight excluding hydrogens is 298 g/mol. The van der Waals surface area contributed by atoms with E-state index in [-0.39, 0.29) is 29.0 Å². The van der Waals surface area contributed by atoms with E-state index >= 15 is 0 Å². The van der Waals surface area contributed by atoms with Crippen molar-refractivity contribution in [2.24, 2.45) is 5.92 Å². The summed E-state index contributed by atoms with van der Waals surface area (Å²) in [5.41, 5.74) is 0.243. The van der Waals surface area contributed by atoms with E-state index in [4.69, 9.17) is 0 Å². The summed E-state index contributed by atoms with van der Waals surface area (Å²) in [4.78, 5) is 14.1. The van der Waals surface area contributed by atoms with Gasteiger partial charge in [-0.1, -0.05) is 22.9 Å². The van der Waals surface area contributed by atoms with Crippen LogP contribution in [-0.2, 0) is 0 Å². The summed E-state index contributed by atoms with van der Waals surface area (Å²) < 4.78 is 0. The lowest BCUT2D eigenvalue weighted by atomic mass is 10.0. The number of benzene rings is 1. The van der Waals surface area contributed by atoms with Crippen molar-refractivity contribution >= 4 is 21.8 Å². The van der Waals surface area contributed by atoms with E-state index in [9.17, 15) is 15.0 Å². The van der Waals surface area contributed by atoms with Crippen LogP contribution >= 0.6 is 15.9 Å². The Kier molecular flexibility index (Phi) is 3.80. The molecule has 0 aromatic heterocycles. The maximum absolute atomic E-state index is 12.4. The fourth-order valence-corrected chi connectivity index (χ4v) is 3.34. The SMILES string of the molecule is CC1CCN(C(=O)c2ccc(O)cc2O)C1CBr. The van der Waals surface area contributed by atoms with Gasteiger partial charge in [-0.3, -0.25) is 4.79 Å². The highest BCUT2D eigenvalue weighted by molar-refractivity contribution is 9.09. The number of hydrogen-bond donors (Lipinski definition) is 2. The first-order chi connectivity index (χ1) is 8.54. The van der Waals surface area contributed by atoms with E-state index < -0.39 is 0 Å². The second kappa shape index (κ2) is 5.18. The maximum atomic E-state index is 12.4. The average molecular weight is 314 g/mol. The highest BCUT2D eigenvalue weighted by Gasteiger charge is 2.34. The molecule has 1 saturated heterocycles. The first kappa shape index (κ1) is 13.2. The summed E-state index contributed by atoms with van der Waals surface area (Å²) in [7, 11) is 0. The third kappa shape index (κ3) is 2.32. The van der Waals surface area contributed by atoms with Gasteiger partial charge in [0, 0.05) is 24.0 Å². The molecule has 0 radical (unpaired) electrons. The first-order valence-corrected chi connectivity index (χ1v) is 7.05. The standard InChI is InChI=1S/C13H16BrNO3/c1-8-4-5-15(11(8)7-14)13(18)10-3-2-9(16)6-12(10)17/h2-3,6,8,11,16-17H,4-5,7H2,1H3. The van der Waals surface area contributed by atoms with Crippen LogP contribution in [0.25, 0.3) is 0 Å². The first-order valence-electron chi connectivity index (χ1n) is 5.93. The zero-order chi connectivity index (χ0) is 13.3. The van der Waals surface area contributed by atoms with Gasteiger partial charge in [-0.25, -0.2) is 0 Å². The predicted molar refractivity (Wildman–Crippen MR) is 72.2 cm³/mol. The molecular formula is C13H16BrNO3. The highest BCUT2D eigenvalue weighted by Crippen LogP contribution is 2.30. The van der Waals surface area contributed by atoms with Crippen molar-refractivity contribution in [3.05, 3.63) is 23.8 Å². The summed E-state index contributed by atoms with van der Waals surface area (Å²) in [6.45, 7) is 2.83. The summed E-state index contributed by atoms with van der Waals surface area (Å²) in [6, 6.07) is 4.22. The molecule has 98 valence electrons. The second-order valence-corrected chi connectivity index (χ2v) is 5.34. The van der Waals surface area contributed by atoms with Gasteiger partial charge in [-0.2, -0.15) is 0 Å². The Morgan fingerprint density at radius 1 is 1.50 bits per heavy atom.